The number of aliphatic carboxylic acids is 2. The molecule has 0 saturated carbocycles. The summed E-state index contributed by atoms with van der Waals surface area (Å²) in [4.78, 5) is 98.7. The van der Waals surface area contributed by atoms with Crippen LogP contribution in [-0.2, 0) is 38.4 Å². The third-order valence-corrected chi connectivity index (χ3v) is 7.01. The lowest BCUT2D eigenvalue weighted by Gasteiger charge is -2.29. The lowest BCUT2D eigenvalue weighted by Crippen LogP contribution is -2.58. The lowest BCUT2D eigenvalue weighted by atomic mass is 10.0. The fourth-order valence-corrected chi connectivity index (χ4v) is 4.59. The normalized spacial score (nSPS) is 17.0. The molecule has 0 bridgehead atoms. The third kappa shape index (κ3) is 13.3. The number of nitrogens with zero attached hydrogens (tertiary/aromatic N) is 1. The average Bonchev–Trinajstić information content (AvgIpc) is 3.44. The Hall–Kier alpha value is -4.32. The maximum Gasteiger partial charge on any atom is 0.326 e. The van der Waals surface area contributed by atoms with Crippen LogP contribution in [0.5, 0.6) is 0 Å². The van der Waals surface area contributed by atoms with E-state index in [1.165, 1.54) is 4.90 Å². The van der Waals surface area contributed by atoms with Crippen molar-refractivity contribution in [2.75, 3.05) is 13.1 Å². The SMILES string of the molecule is NCCCC[C@H](NC(=O)[C@@H]1CCCN1C(=O)[C@@H](N)CCC(N)=O)C(=O)N[C@@H](CCC(N)=O)C(=O)N[C@@H](CCC(=O)O)C(=O)O. The van der Waals surface area contributed by atoms with Gasteiger partial charge in [0.25, 0.3) is 0 Å². The van der Waals surface area contributed by atoms with E-state index in [4.69, 9.17) is 28.0 Å². The largest absolute Gasteiger partial charge is 0.481 e. The molecule has 18 heteroatoms. The Bertz CT molecular complexity index is 1070. The molecule has 1 aliphatic rings. The number of primary amides is 2. The minimum Gasteiger partial charge on any atom is -0.481 e. The third-order valence-electron chi connectivity index (χ3n) is 7.01. The van der Waals surface area contributed by atoms with Gasteiger partial charge in [-0.1, -0.05) is 0 Å². The Kier molecular flexibility index (Phi) is 16.3. The molecule has 13 N–H and O–H groups in total. The van der Waals surface area contributed by atoms with Crippen molar-refractivity contribution < 1.29 is 48.6 Å². The summed E-state index contributed by atoms with van der Waals surface area (Å²) in [6, 6.07) is -6.27. The number of hydrogen-bond donors (Lipinski definition) is 9. The maximum atomic E-state index is 13.4. The summed E-state index contributed by atoms with van der Waals surface area (Å²) in [6.07, 6.45) is -0.0166. The molecule has 0 aromatic heterocycles. The number of hydrogen-bond acceptors (Lipinski definition) is 10. The Morgan fingerprint density at radius 2 is 1.30 bits per heavy atom. The number of unbranched alkanes of at least 4 members (excludes halogenated alkanes) is 1. The van der Waals surface area contributed by atoms with E-state index in [0.29, 0.717) is 25.8 Å². The molecule has 1 saturated heterocycles. The Labute approximate surface area is 254 Å². The molecule has 248 valence electrons. The summed E-state index contributed by atoms with van der Waals surface area (Å²) in [7, 11) is 0. The molecule has 0 aromatic rings. The van der Waals surface area contributed by atoms with Gasteiger partial charge < -0.3 is 54.0 Å². The number of carbonyl (C=O) groups is 8. The Balaban J connectivity index is 3.09. The molecule has 1 fully saturated rings. The highest BCUT2D eigenvalue weighted by Crippen LogP contribution is 2.20. The molecule has 1 aliphatic heterocycles. The van der Waals surface area contributed by atoms with Crippen molar-refractivity contribution in [3.05, 3.63) is 0 Å². The highest BCUT2D eigenvalue weighted by Gasteiger charge is 2.38. The zero-order chi connectivity index (χ0) is 33.4. The van der Waals surface area contributed by atoms with E-state index in [9.17, 15) is 43.5 Å². The van der Waals surface area contributed by atoms with E-state index in [-0.39, 0.29) is 45.1 Å². The second kappa shape index (κ2) is 19.1. The second-order valence-electron chi connectivity index (χ2n) is 10.5. The van der Waals surface area contributed by atoms with E-state index in [2.05, 4.69) is 16.0 Å². The van der Waals surface area contributed by atoms with Gasteiger partial charge in [-0.2, -0.15) is 0 Å². The van der Waals surface area contributed by atoms with Crippen LogP contribution < -0.4 is 38.9 Å². The van der Waals surface area contributed by atoms with Gasteiger partial charge in [-0.15, -0.1) is 0 Å². The van der Waals surface area contributed by atoms with Crippen LogP contribution in [0.3, 0.4) is 0 Å². The molecule has 44 heavy (non-hydrogen) atoms. The lowest BCUT2D eigenvalue weighted by molar-refractivity contribution is -0.143. The van der Waals surface area contributed by atoms with Crippen LogP contribution in [-0.4, -0.2) is 106 Å². The molecule has 5 atom stereocenters. The molecular weight excluding hydrogens is 584 g/mol. The average molecular weight is 629 g/mol. The van der Waals surface area contributed by atoms with E-state index >= 15 is 0 Å². The van der Waals surface area contributed by atoms with Gasteiger partial charge in [-0.05, 0) is 57.9 Å². The van der Waals surface area contributed by atoms with Crippen molar-refractivity contribution in [1.29, 1.82) is 0 Å². The van der Waals surface area contributed by atoms with Crippen LogP contribution in [0.1, 0.15) is 70.6 Å². The summed E-state index contributed by atoms with van der Waals surface area (Å²) < 4.78 is 0. The van der Waals surface area contributed by atoms with Crippen LogP contribution in [0.25, 0.3) is 0 Å². The number of carboxylic acids is 2. The zero-order valence-electron chi connectivity index (χ0n) is 24.5. The summed E-state index contributed by atoms with van der Waals surface area (Å²) in [5.74, 6) is -7.24. The number of rotatable bonds is 21. The monoisotopic (exact) mass is 628 g/mol. The van der Waals surface area contributed by atoms with Gasteiger partial charge in [-0.25, -0.2) is 4.79 Å². The molecule has 18 nitrogen and oxygen atoms in total. The van der Waals surface area contributed by atoms with Gasteiger partial charge in [0, 0.05) is 25.8 Å². The Morgan fingerprint density at radius 3 is 1.84 bits per heavy atom. The maximum absolute atomic E-state index is 13.4. The standard InChI is InChI=1S/C26H44N8O10/c27-12-2-1-4-15(32-24(41)18-5-3-13-34(18)25(42)14(28)6-9-19(29)35)22(39)31-16(7-10-20(30)36)23(40)33-17(26(43)44)8-11-21(37)38/h14-18H,1-13,27-28H2,(H2,29,35)(H2,30,36)(H,31,39)(H,32,41)(H,33,40)(H,37,38)(H,43,44)/t14-,15-,16-,17-,18-/m0/s1. The van der Waals surface area contributed by atoms with Crippen LogP contribution >= 0.6 is 0 Å². The summed E-state index contributed by atoms with van der Waals surface area (Å²) in [5, 5.41) is 25.5. The number of amides is 6. The summed E-state index contributed by atoms with van der Waals surface area (Å²) >= 11 is 0. The van der Waals surface area contributed by atoms with Gasteiger partial charge in [0.05, 0.1) is 6.04 Å². The van der Waals surface area contributed by atoms with Gasteiger partial charge in [-0.3, -0.25) is 33.6 Å². The topological polar surface area (TPSA) is 320 Å². The molecule has 0 aliphatic carbocycles. The van der Waals surface area contributed by atoms with Crippen LogP contribution in [0, 0.1) is 0 Å². The highest BCUT2D eigenvalue weighted by atomic mass is 16.4. The smallest absolute Gasteiger partial charge is 0.326 e. The van der Waals surface area contributed by atoms with Gasteiger partial charge in [0.1, 0.15) is 24.2 Å². The first-order chi connectivity index (χ1) is 20.7. The first-order valence-corrected chi connectivity index (χ1v) is 14.4. The number of nitrogens with two attached hydrogens (primary N) is 4. The van der Waals surface area contributed by atoms with Crippen molar-refractivity contribution in [3.8, 4) is 0 Å². The molecule has 0 aromatic carbocycles. The van der Waals surface area contributed by atoms with E-state index in [1.807, 2.05) is 0 Å². The van der Waals surface area contributed by atoms with E-state index in [1.54, 1.807) is 0 Å². The van der Waals surface area contributed by atoms with Crippen molar-refractivity contribution in [3.63, 3.8) is 0 Å². The predicted molar refractivity (Wildman–Crippen MR) is 153 cm³/mol. The molecular formula is C26H44N8O10. The Morgan fingerprint density at radius 1 is 0.750 bits per heavy atom. The first kappa shape index (κ1) is 37.7. The van der Waals surface area contributed by atoms with Crippen LogP contribution in [0.15, 0.2) is 0 Å². The molecule has 0 spiro atoms. The van der Waals surface area contributed by atoms with E-state index in [0.717, 1.165) is 0 Å². The fourth-order valence-electron chi connectivity index (χ4n) is 4.59. The first-order valence-electron chi connectivity index (χ1n) is 14.4. The fraction of sp³-hybridized carbons (Fsp3) is 0.692. The van der Waals surface area contributed by atoms with Crippen molar-refractivity contribution in [2.24, 2.45) is 22.9 Å². The van der Waals surface area contributed by atoms with Gasteiger partial charge in [0.15, 0.2) is 0 Å². The predicted octanol–water partition coefficient (Wildman–Crippen LogP) is -3.63. The second-order valence-corrected chi connectivity index (χ2v) is 10.5. The zero-order valence-corrected chi connectivity index (χ0v) is 24.5. The highest BCUT2D eigenvalue weighted by molar-refractivity contribution is 5.96. The number of likely N-dealkylation sites (tertiary alicyclic amines) is 1. The molecule has 0 unspecified atom stereocenters. The van der Waals surface area contributed by atoms with Gasteiger partial charge in [0.2, 0.25) is 35.4 Å². The molecule has 1 rings (SSSR count). The van der Waals surface area contributed by atoms with Crippen LogP contribution in [0.2, 0.25) is 0 Å². The number of carboxylic acid groups (broad SMARTS) is 2. The van der Waals surface area contributed by atoms with Crippen molar-refractivity contribution in [2.45, 2.75) is 101 Å². The van der Waals surface area contributed by atoms with Crippen molar-refractivity contribution in [1.82, 2.24) is 20.9 Å². The molecule has 6 amide bonds. The van der Waals surface area contributed by atoms with Gasteiger partial charge >= 0.3 is 11.9 Å². The van der Waals surface area contributed by atoms with E-state index < -0.39 is 90.4 Å². The summed E-state index contributed by atoms with van der Waals surface area (Å²) in [5.41, 5.74) is 21.8. The minimum absolute atomic E-state index is 0.00305. The van der Waals surface area contributed by atoms with Crippen LogP contribution in [0.4, 0.5) is 0 Å². The quantitative estimate of drug-likeness (QED) is 0.0556. The minimum atomic E-state index is -1.59. The summed E-state index contributed by atoms with van der Waals surface area (Å²) in [6.45, 7) is 0.528. The van der Waals surface area contributed by atoms with Crippen molar-refractivity contribution >= 4 is 47.4 Å². The number of nitrogens with one attached hydrogen (secondary N) is 3. The number of carbonyl (C=O) groups excluding carboxylic acids is 6. The molecule has 0 radical (unpaired) electrons. The molecule has 1 heterocycles.